The van der Waals surface area contributed by atoms with Crippen molar-refractivity contribution < 1.29 is 4.52 Å². The molecule has 0 spiro atoms. The van der Waals surface area contributed by atoms with E-state index in [0.717, 1.165) is 4.88 Å². The molecule has 2 aromatic rings. The van der Waals surface area contributed by atoms with Gasteiger partial charge in [0, 0.05) is 5.54 Å². The molecular weight excluding hydrogens is 210 g/mol. The van der Waals surface area contributed by atoms with Crippen molar-refractivity contribution in [1.29, 1.82) is 0 Å². The smallest absolute Gasteiger partial charge is 0.322 e. The highest BCUT2D eigenvalue weighted by Gasteiger charge is 2.15. The van der Waals surface area contributed by atoms with Crippen molar-refractivity contribution in [3.63, 3.8) is 0 Å². The molecular formula is C10H13N3OS. The van der Waals surface area contributed by atoms with Gasteiger partial charge in [-0.2, -0.15) is 4.98 Å². The Morgan fingerprint density at radius 2 is 2.20 bits per heavy atom. The van der Waals surface area contributed by atoms with E-state index < -0.39 is 0 Å². The van der Waals surface area contributed by atoms with Crippen LogP contribution in [0.3, 0.4) is 0 Å². The molecule has 80 valence electrons. The number of nitrogens with one attached hydrogen (secondary N) is 1. The lowest BCUT2D eigenvalue weighted by atomic mass is 10.1. The van der Waals surface area contributed by atoms with Gasteiger partial charge in [0.15, 0.2) is 0 Å². The molecule has 0 saturated carbocycles. The molecule has 0 saturated heterocycles. The highest BCUT2D eigenvalue weighted by Crippen LogP contribution is 2.23. The third-order valence-electron chi connectivity index (χ3n) is 1.65. The number of nitrogens with zero attached hydrogens (tertiary/aromatic N) is 2. The number of thiophene rings is 1. The molecule has 2 aromatic heterocycles. The summed E-state index contributed by atoms with van der Waals surface area (Å²) in [6.07, 6.45) is 0. The van der Waals surface area contributed by atoms with E-state index in [2.05, 4.69) is 15.5 Å². The van der Waals surface area contributed by atoms with Crippen molar-refractivity contribution in [2.45, 2.75) is 26.3 Å². The maximum Gasteiger partial charge on any atom is 0.322 e. The van der Waals surface area contributed by atoms with Crippen LogP contribution >= 0.6 is 11.3 Å². The van der Waals surface area contributed by atoms with E-state index in [9.17, 15) is 0 Å². The van der Waals surface area contributed by atoms with Crippen molar-refractivity contribution in [2.75, 3.05) is 5.32 Å². The highest BCUT2D eigenvalue weighted by atomic mass is 32.1. The van der Waals surface area contributed by atoms with Crippen LogP contribution in [0.4, 0.5) is 6.01 Å². The van der Waals surface area contributed by atoms with Crippen LogP contribution in [0.15, 0.2) is 22.0 Å². The summed E-state index contributed by atoms with van der Waals surface area (Å²) in [6.45, 7) is 6.13. The maximum atomic E-state index is 5.10. The largest absolute Gasteiger partial charge is 0.333 e. The molecule has 1 N–H and O–H groups in total. The predicted octanol–water partition coefficient (Wildman–Crippen LogP) is 3.01. The minimum Gasteiger partial charge on any atom is -0.333 e. The zero-order valence-corrected chi connectivity index (χ0v) is 9.76. The Balaban J connectivity index is 2.18. The van der Waals surface area contributed by atoms with Gasteiger partial charge in [-0.3, -0.25) is 0 Å². The molecule has 0 aliphatic rings. The normalized spacial score (nSPS) is 11.7. The van der Waals surface area contributed by atoms with Gasteiger partial charge in [0.25, 0.3) is 0 Å². The Morgan fingerprint density at radius 1 is 1.40 bits per heavy atom. The summed E-state index contributed by atoms with van der Waals surface area (Å²) < 4.78 is 5.10. The lowest BCUT2D eigenvalue weighted by molar-refractivity contribution is 0.420. The molecule has 0 amide bonds. The van der Waals surface area contributed by atoms with Gasteiger partial charge in [0.1, 0.15) is 0 Å². The summed E-state index contributed by atoms with van der Waals surface area (Å²) >= 11 is 1.59. The van der Waals surface area contributed by atoms with Gasteiger partial charge in [-0.05, 0) is 32.2 Å². The highest BCUT2D eigenvalue weighted by molar-refractivity contribution is 7.13. The van der Waals surface area contributed by atoms with Crippen molar-refractivity contribution in [1.82, 2.24) is 10.1 Å². The summed E-state index contributed by atoms with van der Waals surface area (Å²) in [5.41, 5.74) is -0.0702. The fourth-order valence-corrected chi connectivity index (χ4v) is 1.75. The van der Waals surface area contributed by atoms with E-state index >= 15 is 0 Å². The predicted molar refractivity (Wildman–Crippen MR) is 61.0 cm³/mol. The van der Waals surface area contributed by atoms with Crippen LogP contribution in [0.2, 0.25) is 0 Å². The van der Waals surface area contributed by atoms with Crippen LogP contribution in [-0.2, 0) is 0 Å². The second-order valence-corrected chi connectivity index (χ2v) is 5.22. The SMILES string of the molecule is CC(C)(C)Nc1nc(-c2cccs2)no1. The standard InChI is InChI=1S/C10H13N3OS/c1-10(2,3)12-9-11-8(13-14-9)7-5-4-6-15-7/h4-6H,1-3H3,(H,11,12,13). The zero-order valence-electron chi connectivity index (χ0n) is 8.94. The molecule has 0 aliphatic heterocycles. The van der Waals surface area contributed by atoms with E-state index in [1.165, 1.54) is 0 Å². The summed E-state index contributed by atoms with van der Waals surface area (Å²) in [5, 5.41) is 9.02. The Labute approximate surface area is 92.3 Å². The van der Waals surface area contributed by atoms with Crippen LogP contribution in [0.1, 0.15) is 20.8 Å². The molecule has 0 atom stereocenters. The van der Waals surface area contributed by atoms with Gasteiger partial charge < -0.3 is 9.84 Å². The van der Waals surface area contributed by atoms with Gasteiger partial charge in [0.05, 0.1) is 4.88 Å². The molecule has 4 nitrogen and oxygen atoms in total. The second-order valence-electron chi connectivity index (χ2n) is 4.28. The number of hydrogen-bond acceptors (Lipinski definition) is 5. The molecule has 2 heterocycles. The number of anilines is 1. The van der Waals surface area contributed by atoms with Crippen LogP contribution in [0.5, 0.6) is 0 Å². The van der Waals surface area contributed by atoms with E-state index in [1.807, 2.05) is 38.3 Å². The second kappa shape index (κ2) is 3.66. The first-order valence-corrected chi connectivity index (χ1v) is 5.58. The first-order valence-electron chi connectivity index (χ1n) is 4.70. The van der Waals surface area contributed by atoms with E-state index in [0.29, 0.717) is 11.8 Å². The fourth-order valence-electron chi connectivity index (χ4n) is 1.10. The van der Waals surface area contributed by atoms with Crippen molar-refractivity contribution in [3.05, 3.63) is 17.5 Å². The van der Waals surface area contributed by atoms with Crippen LogP contribution < -0.4 is 5.32 Å². The van der Waals surface area contributed by atoms with Crippen molar-refractivity contribution in [3.8, 4) is 10.7 Å². The molecule has 0 radical (unpaired) electrons. The molecule has 0 aromatic carbocycles. The minimum absolute atomic E-state index is 0.0702. The zero-order chi connectivity index (χ0) is 10.9. The Morgan fingerprint density at radius 3 is 2.80 bits per heavy atom. The van der Waals surface area contributed by atoms with Gasteiger partial charge in [-0.25, -0.2) is 0 Å². The fraction of sp³-hybridized carbons (Fsp3) is 0.400. The molecule has 0 bridgehead atoms. The van der Waals surface area contributed by atoms with Crippen LogP contribution in [0.25, 0.3) is 10.7 Å². The monoisotopic (exact) mass is 223 g/mol. The van der Waals surface area contributed by atoms with Gasteiger partial charge in [0.2, 0.25) is 5.82 Å². The van der Waals surface area contributed by atoms with E-state index in [-0.39, 0.29) is 5.54 Å². The van der Waals surface area contributed by atoms with E-state index in [4.69, 9.17) is 4.52 Å². The van der Waals surface area contributed by atoms with Crippen LogP contribution in [-0.4, -0.2) is 15.7 Å². The van der Waals surface area contributed by atoms with E-state index in [1.54, 1.807) is 11.3 Å². The van der Waals surface area contributed by atoms with Gasteiger partial charge in [-0.1, -0.05) is 11.2 Å². The van der Waals surface area contributed by atoms with Gasteiger partial charge >= 0.3 is 6.01 Å². The third kappa shape index (κ3) is 2.56. The number of rotatable bonds is 2. The Bertz CT molecular complexity index is 428. The molecule has 5 heteroatoms. The number of aromatic nitrogens is 2. The average molecular weight is 223 g/mol. The quantitative estimate of drug-likeness (QED) is 0.850. The lowest BCUT2D eigenvalue weighted by Crippen LogP contribution is -2.26. The average Bonchev–Trinajstić information content (AvgIpc) is 2.68. The topological polar surface area (TPSA) is 51.0 Å². The molecule has 15 heavy (non-hydrogen) atoms. The number of hydrogen-bond donors (Lipinski definition) is 1. The lowest BCUT2D eigenvalue weighted by Gasteiger charge is -2.17. The van der Waals surface area contributed by atoms with Crippen molar-refractivity contribution >= 4 is 17.4 Å². The van der Waals surface area contributed by atoms with Crippen LogP contribution in [0, 0.1) is 0 Å². The summed E-state index contributed by atoms with van der Waals surface area (Å²) in [5.74, 6) is 0.636. The summed E-state index contributed by atoms with van der Waals surface area (Å²) in [7, 11) is 0. The summed E-state index contributed by atoms with van der Waals surface area (Å²) in [4.78, 5) is 5.27. The Hall–Kier alpha value is -1.36. The molecule has 2 rings (SSSR count). The van der Waals surface area contributed by atoms with Gasteiger partial charge in [-0.15, -0.1) is 11.3 Å². The minimum atomic E-state index is -0.0702. The Kier molecular flexibility index (Phi) is 2.48. The first-order chi connectivity index (χ1) is 7.04. The summed E-state index contributed by atoms with van der Waals surface area (Å²) in [6, 6.07) is 4.40. The molecule has 0 unspecified atom stereocenters. The maximum absolute atomic E-state index is 5.10. The van der Waals surface area contributed by atoms with Crippen molar-refractivity contribution in [2.24, 2.45) is 0 Å². The molecule has 0 fully saturated rings. The first kappa shape index (κ1) is 10.2. The third-order valence-corrected chi connectivity index (χ3v) is 2.52. The molecule has 0 aliphatic carbocycles.